The van der Waals surface area contributed by atoms with Crippen molar-refractivity contribution in [3.8, 4) is 5.75 Å². The number of ether oxygens (including phenoxy) is 1. The minimum Gasteiger partial charge on any atom is -0.426 e. The molecule has 23 heavy (non-hydrogen) atoms. The number of thiol groups is 1. The number of benzene rings is 2. The first-order valence-corrected chi connectivity index (χ1v) is 10.5. The molecule has 2 aliphatic rings. The average molecular weight is 328 g/mol. The van der Waals surface area contributed by atoms with Gasteiger partial charge in [-0.05, 0) is 59.6 Å². The molecule has 0 bridgehead atoms. The Morgan fingerprint density at radius 3 is 2.35 bits per heavy atom. The highest BCUT2D eigenvalue weighted by Gasteiger charge is 2.25. The summed E-state index contributed by atoms with van der Waals surface area (Å²) in [4.78, 5) is 13.9. The first kappa shape index (κ1) is 15.1. The van der Waals surface area contributed by atoms with Crippen LogP contribution in [0.5, 0.6) is 5.75 Å². The van der Waals surface area contributed by atoms with Crippen LogP contribution in [0.3, 0.4) is 0 Å². The Bertz CT molecular complexity index is 713. The molecule has 2 aromatic carbocycles. The Labute approximate surface area is 140 Å². The van der Waals surface area contributed by atoms with Gasteiger partial charge in [-0.25, -0.2) is 10.9 Å². The van der Waals surface area contributed by atoms with Crippen LogP contribution in [0, 0.1) is 5.92 Å². The lowest BCUT2D eigenvalue weighted by molar-refractivity contribution is -0.138. The molecule has 4 rings (SSSR count). The molecule has 2 nitrogen and oxygen atoms in total. The van der Waals surface area contributed by atoms with E-state index in [1.165, 1.54) is 34.6 Å². The third-order valence-corrected chi connectivity index (χ3v) is 7.99. The van der Waals surface area contributed by atoms with E-state index >= 15 is 0 Å². The first-order chi connectivity index (χ1) is 11.3. The zero-order valence-corrected chi connectivity index (χ0v) is 14.4. The summed E-state index contributed by atoms with van der Waals surface area (Å²) in [6.45, 7) is 0. The second-order valence-corrected chi connectivity index (χ2v) is 9.18. The number of rotatable bonds is 3. The quantitative estimate of drug-likeness (QED) is 0.482. The van der Waals surface area contributed by atoms with Crippen LogP contribution in [-0.4, -0.2) is 17.5 Å². The zero-order valence-electron chi connectivity index (χ0n) is 13.5. The van der Waals surface area contributed by atoms with E-state index in [-0.39, 0.29) is 22.8 Å². The van der Waals surface area contributed by atoms with Crippen molar-refractivity contribution in [3.05, 3.63) is 36.4 Å². The van der Waals surface area contributed by atoms with E-state index in [4.69, 9.17) is 4.74 Å². The largest absolute Gasteiger partial charge is 0.426 e. The molecule has 0 spiro atoms. The van der Waals surface area contributed by atoms with Gasteiger partial charge in [-0.3, -0.25) is 4.79 Å². The van der Waals surface area contributed by atoms with E-state index in [2.05, 4.69) is 24.3 Å². The summed E-state index contributed by atoms with van der Waals surface area (Å²) in [6, 6.07) is 12.7. The standard InChI is InChI=1S/C20H24O2S/c21-20(15-7-1-2-8-15)22-18-11-12-19(23-13-5-6-14-23)17-10-4-3-9-16(17)18/h3-4,9-12,15,23H,1-2,5-8,13-14H2. The summed E-state index contributed by atoms with van der Waals surface area (Å²) < 4.78 is 5.80. The summed E-state index contributed by atoms with van der Waals surface area (Å²) >= 11 is 0. The summed E-state index contributed by atoms with van der Waals surface area (Å²) in [5, 5.41) is 2.39. The number of fused-ring (bicyclic) bond motifs is 1. The summed E-state index contributed by atoms with van der Waals surface area (Å²) in [7, 11) is -0.0218. The monoisotopic (exact) mass is 328 g/mol. The lowest BCUT2D eigenvalue weighted by Crippen LogP contribution is -2.17. The van der Waals surface area contributed by atoms with Crippen molar-refractivity contribution in [3.63, 3.8) is 0 Å². The summed E-state index contributed by atoms with van der Waals surface area (Å²) in [5.41, 5.74) is 0. The fourth-order valence-corrected chi connectivity index (χ4v) is 6.67. The molecular formula is C20H24O2S. The van der Waals surface area contributed by atoms with Crippen LogP contribution in [0.4, 0.5) is 0 Å². The van der Waals surface area contributed by atoms with Crippen LogP contribution in [-0.2, 0) is 4.79 Å². The second kappa shape index (κ2) is 6.56. The van der Waals surface area contributed by atoms with Gasteiger partial charge in [0.2, 0.25) is 0 Å². The summed E-state index contributed by atoms with van der Waals surface area (Å²) in [6.07, 6.45) is 7.00. The fraction of sp³-hybridized carbons (Fsp3) is 0.450. The van der Waals surface area contributed by atoms with Crippen LogP contribution in [0.25, 0.3) is 10.8 Å². The molecule has 122 valence electrons. The Balaban J connectivity index is 1.67. The van der Waals surface area contributed by atoms with Gasteiger partial charge in [0.25, 0.3) is 0 Å². The van der Waals surface area contributed by atoms with Gasteiger partial charge in [-0.2, -0.15) is 0 Å². The van der Waals surface area contributed by atoms with E-state index in [1.54, 1.807) is 0 Å². The lowest BCUT2D eigenvalue weighted by Gasteiger charge is -2.19. The SMILES string of the molecule is O=C(Oc1ccc([SH]2CCCC2)c2ccccc12)C1CCCC1. The molecule has 0 N–H and O–H groups in total. The van der Waals surface area contributed by atoms with E-state index in [0.717, 1.165) is 36.8 Å². The van der Waals surface area contributed by atoms with Crippen molar-refractivity contribution in [2.75, 3.05) is 11.5 Å². The third kappa shape index (κ3) is 2.99. The highest BCUT2D eigenvalue weighted by molar-refractivity contribution is 8.17. The molecule has 2 fully saturated rings. The van der Waals surface area contributed by atoms with Crippen LogP contribution < -0.4 is 4.74 Å². The number of carbonyl (C=O) groups excluding carboxylic acids is 1. The molecule has 1 heterocycles. The van der Waals surface area contributed by atoms with Crippen LogP contribution >= 0.6 is 10.9 Å². The van der Waals surface area contributed by atoms with Crippen molar-refractivity contribution >= 4 is 27.6 Å². The highest BCUT2D eigenvalue weighted by atomic mass is 32.2. The molecular weight excluding hydrogens is 304 g/mol. The molecule has 1 saturated carbocycles. The van der Waals surface area contributed by atoms with E-state index in [9.17, 15) is 4.79 Å². The van der Waals surface area contributed by atoms with Gasteiger partial charge in [0.15, 0.2) is 0 Å². The molecule has 1 aliphatic carbocycles. The molecule has 0 radical (unpaired) electrons. The molecule has 3 heteroatoms. The molecule has 0 atom stereocenters. The predicted octanol–water partition coefficient (Wildman–Crippen LogP) is 5.09. The number of esters is 1. The molecule has 2 aromatic rings. The van der Waals surface area contributed by atoms with E-state index in [0.29, 0.717) is 0 Å². The minimum absolute atomic E-state index is 0.0218. The molecule has 1 aliphatic heterocycles. The van der Waals surface area contributed by atoms with Crippen LogP contribution in [0.1, 0.15) is 38.5 Å². The van der Waals surface area contributed by atoms with Crippen molar-refractivity contribution in [2.45, 2.75) is 43.4 Å². The third-order valence-electron chi connectivity index (χ3n) is 5.21. The fourth-order valence-electron chi connectivity index (χ4n) is 3.93. The Hall–Kier alpha value is -1.48. The van der Waals surface area contributed by atoms with Gasteiger partial charge in [0, 0.05) is 5.39 Å². The van der Waals surface area contributed by atoms with Gasteiger partial charge in [-0.1, -0.05) is 37.1 Å². The van der Waals surface area contributed by atoms with Crippen LogP contribution in [0.15, 0.2) is 41.3 Å². The van der Waals surface area contributed by atoms with Gasteiger partial charge in [-0.15, -0.1) is 0 Å². The van der Waals surface area contributed by atoms with Gasteiger partial charge in [0.05, 0.1) is 5.92 Å². The molecule has 1 saturated heterocycles. The zero-order chi connectivity index (χ0) is 15.6. The lowest BCUT2D eigenvalue weighted by atomic mass is 10.1. The van der Waals surface area contributed by atoms with Gasteiger partial charge >= 0.3 is 5.97 Å². The number of hydrogen-bond acceptors (Lipinski definition) is 2. The van der Waals surface area contributed by atoms with Crippen LogP contribution in [0.2, 0.25) is 0 Å². The van der Waals surface area contributed by atoms with Crippen molar-refractivity contribution in [2.24, 2.45) is 5.92 Å². The average Bonchev–Trinajstić information content (AvgIpc) is 3.29. The topological polar surface area (TPSA) is 26.3 Å². The molecule has 0 amide bonds. The number of carbonyl (C=O) groups is 1. The van der Waals surface area contributed by atoms with Gasteiger partial charge in [0.1, 0.15) is 5.75 Å². The van der Waals surface area contributed by atoms with E-state index < -0.39 is 0 Å². The maximum atomic E-state index is 12.4. The predicted molar refractivity (Wildman–Crippen MR) is 97.8 cm³/mol. The number of hydrogen-bond donors (Lipinski definition) is 1. The minimum atomic E-state index is -0.0352. The Morgan fingerprint density at radius 2 is 1.61 bits per heavy atom. The van der Waals surface area contributed by atoms with Crippen molar-refractivity contribution < 1.29 is 9.53 Å². The Kier molecular flexibility index (Phi) is 4.30. The molecule has 0 aromatic heterocycles. The van der Waals surface area contributed by atoms with Gasteiger partial charge < -0.3 is 4.74 Å². The smallest absolute Gasteiger partial charge is 0.314 e. The van der Waals surface area contributed by atoms with Crippen molar-refractivity contribution in [1.29, 1.82) is 0 Å². The Morgan fingerprint density at radius 1 is 0.913 bits per heavy atom. The molecule has 0 unspecified atom stereocenters. The first-order valence-electron chi connectivity index (χ1n) is 8.81. The maximum absolute atomic E-state index is 12.4. The summed E-state index contributed by atoms with van der Waals surface area (Å²) in [5.74, 6) is 3.51. The maximum Gasteiger partial charge on any atom is 0.314 e. The second-order valence-electron chi connectivity index (χ2n) is 6.73. The normalized spacial score (nSPS) is 20.3. The van der Waals surface area contributed by atoms with Crippen molar-refractivity contribution in [1.82, 2.24) is 0 Å². The highest BCUT2D eigenvalue weighted by Crippen LogP contribution is 2.47. The van der Waals surface area contributed by atoms with E-state index in [1.807, 2.05) is 12.1 Å².